The number of fused-ring (bicyclic) bond motifs is 1. The average Bonchev–Trinajstić information content (AvgIpc) is 3.52. The topological polar surface area (TPSA) is 144 Å². The number of benzene rings is 1. The zero-order chi connectivity index (χ0) is 26.3. The highest BCUT2D eigenvalue weighted by Gasteiger charge is 2.35. The third-order valence-corrected chi connectivity index (χ3v) is 6.05. The summed E-state index contributed by atoms with van der Waals surface area (Å²) in [5.74, 6) is -1.37. The number of nitrogens with two attached hydrogens (primary N) is 1. The maximum Gasteiger partial charge on any atom is 0.324 e. The van der Waals surface area contributed by atoms with Crippen LogP contribution in [-0.4, -0.2) is 56.1 Å². The zero-order valence-electron chi connectivity index (χ0n) is 19.7. The lowest BCUT2D eigenvalue weighted by Crippen LogP contribution is -2.36. The molecule has 3 heterocycles. The van der Waals surface area contributed by atoms with Crippen LogP contribution in [0.3, 0.4) is 0 Å². The number of nitrogens with zero attached hydrogens (tertiary/aromatic N) is 4. The average molecular weight is 528 g/mol. The summed E-state index contributed by atoms with van der Waals surface area (Å²) in [6.45, 7) is 0.923. The van der Waals surface area contributed by atoms with Gasteiger partial charge in [-0.25, -0.2) is 14.3 Å². The Bertz CT molecular complexity index is 1450. The van der Waals surface area contributed by atoms with Crippen molar-refractivity contribution >= 4 is 58.4 Å². The van der Waals surface area contributed by atoms with Crippen molar-refractivity contribution in [3.8, 4) is 0 Å². The summed E-state index contributed by atoms with van der Waals surface area (Å²) in [7, 11) is 0. The zero-order valence-corrected chi connectivity index (χ0v) is 20.5. The van der Waals surface area contributed by atoms with E-state index in [0.717, 1.165) is 17.7 Å². The summed E-state index contributed by atoms with van der Waals surface area (Å²) >= 11 is 6.02. The summed E-state index contributed by atoms with van der Waals surface area (Å²) in [6, 6.07) is 5.25. The fourth-order valence-corrected chi connectivity index (χ4v) is 3.90. The smallest absolute Gasteiger partial charge is 0.324 e. The summed E-state index contributed by atoms with van der Waals surface area (Å²) < 4.78 is 20.9. The number of carbonyl (C=O) groups excluding carboxylic acids is 3. The van der Waals surface area contributed by atoms with Crippen LogP contribution in [0, 0.1) is 5.82 Å². The summed E-state index contributed by atoms with van der Waals surface area (Å²) in [6.07, 6.45) is 4.88. The highest BCUT2D eigenvalue weighted by molar-refractivity contribution is 6.30. The molecule has 2 aliphatic rings. The molecule has 1 aliphatic carbocycles. The molecular formula is C24H23ClFN7O4. The van der Waals surface area contributed by atoms with Crippen LogP contribution in [0.1, 0.15) is 31.7 Å². The summed E-state index contributed by atoms with van der Waals surface area (Å²) in [5, 5.41) is 11.1. The Morgan fingerprint density at radius 1 is 1.35 bits per heavy atom. The molecule has 2 aromatic heterocycles. The Kier molecular flexibility index (Phi) is 6.52. The van der Waals surface area contributed by atoms with Crippen molar-refractivity contribution in [1.82, 2.24) is 19.5 Å². The predicted molar refractivity (Wildman–Crippen MR) is 133 cm³/mol. The number of amides is 2. The van der Waals surface area contributed by atoms with Gasteiger partial charge in [-0.15, -0.1) is 0 Å². The van der Waals surface area contributed by atoms with Crippen LogP contribution in [0.4, 0.5) is 21.7 Å². The van der Waals surface area contributed by atoms with Gasteiger partial charge in [0.1, 0.15) is 23.5 Å². The molecule has 0 radical (unpaired) electrons. The minimum atomic E-state index is -0.880. The maximum absolute atomic E-state index is 14.3. The van der Waals surface area contributed by atoms with E-state index in [1.807, 2.05) is 0 Å². The third kappa shape index (κ3) is 5.25. The number of hydrogen-bond acceptors (Lipinski definition) is 9. The first-order valence-corrected chi connectivity index (χ1v) is 11.9. The second-order valence-corrected chi connectivity index (χ2v) is 9.32. The molecule has 11 nitrogen and oxygen atoms in total. The molecule has 3 aromatic rings. The van der Waals surface area contributed by atoms with Crippen LogP contribution in [0.5, 0.6) is 0 Å². The molecule has 1 unspecified atom stereocenters. The first kappa shape index (κ1) is 24.7. The molecule has 1 saturated heterocycles. The second-order valence-electron chi connectivity index (χ2n) is 8.88. The molecule has 37 heavy (non-hydrogen) atoms. The standard InChI is InChI=1S/C24H23ClFN7O4/c1-12(27)24(36)37-11-32-21(34)7-13(23(32)35)6-14-10-28-33-20(29-16-3-4-16)9-19(31-22(14)33)30-18-8-15(25)2-5-17(18)26/h2,5-6,8-10,12,16,29H,3-4,7,11,27H2,1H3,(H,30,31). The SMILES string of the molecule is CC(N)C(=O)OCN1C(=O)CC(=Cc2cnn3c(NC4CC4)cc(Nc4cc(Cl)ccc4F)nc23)C1=O. The number of aromatic nitrogens is 3. The Labute approximate surface area is 215 Å². The molecule has 1 atom stereocenters. The van der Waals surface area contributed by atoms with Crippen LogP contribution >= 0.6 is 11.6 Å². The summed E-state index contributed by atoms with van der Waals surface area (Å²) in [5.41, 5.74) is 6.64. The number of anilines is 3. The number of rotatable bonds is 8. The van der Waals surface area contributed by atoms with E-state index in [4.69, 9.17) is 22.1 Å². The van der Waals surface area contributed by atoms with Crippen molar-refractivity contribution < 1.29 is 23.5 Å². The molecule has 13 heteroatoms. The Morgan fingerprint density at radius 3 is 2.86 bits per heavy atom. The van der Waals surface area contributed by atoms with E-state index < -0.39 is 36.4 Å². The molecule has 1 aromatic carbocycles. The van der Waals surface area contributed by atoms with Gasteiger partial charge in [0, 0.05) is 28.3 Å². The minimum absolute atomic E-state index is 0.148. The molecule has 2 fully saturated rings. The van der Waals surface area contributed by atoms with Gasteiger partial charge in [0.15, 0.2) is 12.4 Å². The van der Waals surface area contributed by atoms with Gasteiger partial charge in [-0.1, -0.05) is 11.6 Å². The Morgan fingerprint density at radius 2 is 2.14 bits per heavy atom. The molecule has 2 amide bonds. The summed E-state index contributed by atoms with van der Waals surface area (Å²) in [4.78, 5) is 42.3. The van der Waals surface area contributed by atoms with E-state index >= 15 is 0 Å². The van der Waals surface area contributed by atoms with Crippen LogP contribution in [0.2, 0.25) is 5.02 Å². The van der Waals surface area contributed by atoms with Crippen molar-refractivity contribution in [2.75, 3.05) is 17.4 Å². The molecule has 1 aliphatic heterocycles. The molecule has 0 spiro atoms. The lowest BCUT2D eigenvalue weighted by molar-refractivity contribution is -0.155. The largest absolute Gasteiger partial charge is 0.443 e. The van der Waals surface area contributed by atoms with Crippen molar-refractivity contribution in [3.63, 3.8) is 0 Å². The van der Waals surface area contributed by atoms with E-state index in [0.29, 0.717) is 27.9 Å². The van der Waals surface area contributed by atoms with Crippen LogP contribution in [-0.2, 0) is 19.1 Å². The minimum Gasteiger partial charge on any atom is -0.443 e. The number of imide groups is 1. The molecule has 5 rings (SSSR count). The number of hydrogen-bond donors (Lipinski definition) is 3. The van der Waals surface area contributed by atoms with E-state index in [1.165, 1.54) is 37.4 Å². The van der Waals surface area contributed by atoms with Crippen molar-refractivity contribution in [1.29, 1.82) is 0 Å². The van der Waals surface area contributed by atoms with E-state index in [-0.39, 0.29) is 23.7 Å². The monoisotopic (exact) mass is 527 g/mol. The van der Waals surface area contributed by atoms with Gasteiger partial charge in [0.05, 0.1) is 18.3 Å². The molecule has 0 bridgehead atoms. The van der Waals surface area contributed by atoms with Crippen LogP contribution in [0.15, 0.2) is 36.0 Å². The normalized spacial score (nSPS) is 17.5. The van der Waals surface area contributed by atoms with Crippen molar-refractivity contribution in [2.24, 2.45) is 5.73 Å². The number of ether oxygens (including phenoxy) is 1. The van der Waals surface area contributed by atoms with Gasteiger partial charge in [-0.3, -0.25) is 14.4 Å². The molecular weight excluding hydrogens is 505 g/mol. The quantitative estimate of drug-likeness (QED) is 0.229. The fraction of sp³-hybridized carbons (Fsp3) is 0.292. The third-order valence-electron chi connectivity index (χ3n) is 5.82. The van der Waals surface area contributed by atoms with Crippen molar-refractivity contribution in [3.05, 3.63) is 52.4 Å². The molecule has 192 valence electrons. The van der Waals surface area contributed by atoms with Gasteiger partial charge in [-0.05, 0) is 44.0 Å². The number of likely N-dealkylation sites (tertiary alicyclic amines) is 1. The fourth-order valence-electron chi connectivity index (χ4n) is 3.73. The van der Waals surface area contributed by atoms with Gasteiger partial charge in [0.25, 0.3) is 5.91 Å². The second kappa shape index (κ2) is 9.79. The van der Waals surface area contributed by atoms with E-state index in [2.05, 4.69) is 20.7 Å². The predicted octanol–water partition coefficient (Wildman–Crippen LogP) is 2.83. The van der Waals surface area contributed by atoms with Gasteiger partial charge in [-0.2, -0.15) is 9.61 Å². The van der Waals surface area contributed by atoms with Gasteiger partial charge < -0.3 is 21.1 Å². The highest BCUT2D eigenvalue weighted by atomic mass is 35.5. The maximum atomic E-state index is 14.3. The number of carbonyl (C=O) groups is 3. The number of esters is 1. The van der Waals surface area contributed by atoms with Crippen LogP contribution < -0.4 is 16.4 Å². The Hall–Kier alpha value is -4.03. The van der Waals surface area contributed by atoms with Crippen molar-refractivity contribution in [2.45, 2.75) is 38.3 Å². The van der Waals surface area contributed by atoms with Gasteiger partial charge >= 0.3 is 5.97 Å². The molecule has 1 saturated carbocycles. The first-order valence-electron chi connectivity index (χ1n) is 11.5. The lowest BCUT2D eigenvalue weighted by atomic mass is 10.1. The number of halogens is 2. The Balaban J connectivity index is 1.47. The van der Waals surface area contributed by atoms with Gasteiger partial charge in [0.2, 0.25) is 5.91 Å². The highest BCUT2D eigenvalue weighted by Crippen LogP contribution is 2.30. The number of nitrogens with one attached hydrogen (secondary N) is 2. The lowest BCUT2D eigenvalue weighted by Gasteiger charge is -2.14. The first-order chi connectivity index (χ1) is 17.7. The van der Waals surface area contributed by atoms with Crippen LogP contribution in [0.25, 0.3) is 11.7 Å². The van der Waals surface area contributed by atoms with E-state index in [1.54, 1.807) is 10.6 Å². The molecule has 4 N–H and O–H groups in total. The van der Waals surface area contributed by atoms with E-state index in [9.17, 15) is 18.8 Å².